The molecule has 6 aromatic rings. The van der Waals surface area contributed by atoms with E-state index >= 15 is 0 Å². The molecule has 45 heavy (non-hydrogen) atoms. The molecule has 4 aromatic carbocycles. The number of amides is 3. The normalized spacial score (nSPS) is 14.3. The van der Waals surface area contributed by atoms with E-state index < -0.39 is 0 Å². The van der Waals surface area contributed by atoms with E-state index in [0.717, 1.165) is 38.1 Å². The van der Waals surface area contributed by atoms with Gasteiger partial charge in [-0.1, -0.05) is 24.3 Å². The van der Waals surface area contributed by atoms with Gasteiger partial charge in [0.15, 0.2) is 0 Å². The molecular formula is C34H28ClN5O4S. The molecule has 1 aliphatic rings. The highest BCUT2D eigenvalue weighted by Crippen LogP contribution is 2.45. The summed E-state index contributed by atoms with van der Waals surface area (Å²) in [6, 6.07) is 23.5. The predicted molar refractivity (Wildman–Crippen MR) is 182 cm³/mol. The Bertz CT molecular complexity index is 2160. The number of carbonyl (C=O) groups excluding carboxylic acids is 3. The van der Waals surface area contributed by atoms with Crippen molar-refractivity contribution >= 4 is 91.6 Å². The minimum absolute atomic E-state index is 0.0737. The van der Waals surface area contributed by atoms with Crippen molar-refractivity contribution in [2.24, 2.45) is 0 Å². The SMILES string of the molecule is O=C(CCS)Nc1ccc2[nH]c(C(=O)Nc3ccc4[nH]c(C(=O)N5C[C@@H](CCl)c6c5cc(O)c5ccccc65)cc4c3)cc2c1. The van der Waals surface area contributed by atoms with Crippen molar-refractivity contribution in [3.05, 3.63) is 95.8 Å². The number of aromatic nitrogens is 2. The van der Waals surface area contributed by atoms with Crippen LogP contribution in [0.1, 0.15) is 38.9 Å². The molecule has 11 heteroatoms. The van der Waals surface area contributed by atoms with Gasteiger partial charge in [0.25, 0.3) is 11.8 Å². The second-order valence-electron chi connectivity index (χ2n) is 11.1. The smallest absolute Gasteiger partial charge is 0.274 e. The Morgan fingerprint density at radius 3 is 2.20 bits per heavy atom. The number of nitrogens with one attached hydrogen (secondary N) is 4. The van der Waals surface area contributed by atoms with E-state index in [1.165, 1.54) is 0 Å². The van der Waals surface area contributed by atoms with Crippen LogP contribution in [0.4, 0.5) is 17.1 Å². The number of halogens is 1. The van der Waals surface area contributed by atoms with Crippen LogP contribution in [0.3, 0.4) is 0 Å². The van der Waals surface area contributed by atoms with E-state index in [1.54, 1.807) is 47.4 Å². The quantitative estimate of drug-likeness (QED) is 0.0831. The Hall–Kier alpha value is -4.93. The highest BCUT2D eigenvalue weighted by Gasteiger charge is 2.35. The molecule has 9 nitrogen and oxygen atoms in total. The van der Waals surface area contributed by atoms with Gasteiger partial charge in [-0.2, -0.15) is 12.6 Å². The van der Waals surface area contributed by atoms with Gasteiger partial charge in [0.05, 0.1) is 5.69 Å². The molecule has 0 fully saturated rings. The van der Waals surface area contributed by atoms with Gasteiger partial charge in [-0.25, -0.2) is 0 Å². The molecule has 3 amide bonds. The Morgan fingerprint density at radius 1 is 0.867 bits per heavy atom. The zero-order chi connectivity index (χ0) is 31.2. The van der Waals surface area contributed by atoms with E-state index in [0.29, 0.717) is 53.0 Å². The molecule has 0 unspecified atom stereocenters. The zero-order valence-corrected chi connectivity index (χ0v) is 25.5. The van der Waals surface area contributed by atoms with Crippen molar-refractivity contribution in [3.8, 4) is 5.75 Å². The first-order valence-corrected chi connectivity index (χ1v) is 15.6. The van der Waals surface area contributed by atoms with E-state index in [4.69, 9.17) is 11.6 Å². The molecule has 1 atom stereocenters. The van der Waals surface area contributed by atoms with E-state index in [9.17, 15) is 19.5 Å². The maximum atomic E-state index is 13.8. The third kappa shape index (κ3) is 5.26. The number of thiol groups is 1. The van der Waals surface area contributed by atoms with Crippen molar-refractivity contribution in [2.75, 3.05) is 33.7 Å². The number of aromatic hydroxyl groups is 1. The third-order valence-electron chi connectivity index (χ3n) is 8.17. The van der Waals surface area contributed by atoms with Gasteiger partial charge >= 0.3 is 0 Å². The molecule has 1 aliphatic heterocycles. The highest BCUT2D eigenvalue weighted by atomic mass is 35.5. The maximum absolute atomic E-state index is 13.8. The topological polar surface area (TPSA) is 130 Å². The molecular weight excluding hydrogens is 610 g/mol. The summed E-state index contributed by atoms with van der Waals surface area (Å²) in [6.45, 7) is 0.399. The first-order valence-electron chi connectivity index (χ1n) is 14.4. The summed E-state index contributed by atoms with van der Waals surface area (Å²) in [5, 5.41) is 19.6. The van der Waals surface area contributed by atoms with E-state index in [2.05, 4.69) is 33.2 Å². The monoisotopic (exact) mass is 637 g/mol. The summed E-state index contributed by atoms with van der Waals surface area (Å²) >= 11 is 10.4. The number of nitrogens with zero attached hydrogens (tertiary/aromatic N) is 1. The van der Waals surface area contributed by atoms with Crippen LogP contribution in [0.25, 0.3) is 32.6 Å². The van der Waals surface area contributed by atoms with E-state index in [1.807, 2.05) is 36.4 Å². The zero-order valence-electron chi connectivity index (χ0n) is 23.9. The second kappa shape index (κ2) is 11.5. The van der Waals surface area contributed by atoms with Crippen LogP contribution in [0.5, 0.6) is 5.75 Å². The van der Waals surface area contributed by atoms with Crippen molar-refractivity contribution in [1.29, 1.82) is 0 Å². The lowest BCUT2D eigenvalue weighted by molar-refractivity contribution is -0.115. The molecule has 226 valence electrons. The molecule has 0 radical (unpaired) electrons. The number of aromatic amines is 2. The number of rotatable bonds is 7. The van der Waals surface area contributed by atoms with Gasteiger partial charge in [-0.15, -0.1) is 11.6 Å². The third-order valence-corrected chi connectivity index (χ3v) is 8.77. The fraction of sp³-hybridized carbons (Fsp3) is 0.147. The number of phenolic OH excluding ortho intramolecular Hbond substituents is 1. The van der Waals surface area contributed by atoms with Crippen LogP contribution < -0.4 is 15.5 Å². The number of benzene rings is 4. The largest absolute Gasteiger partial charge is 0.507 e. The van der Waals surface area contributed by atoms with Gasteiger partial charge in [0.2, 0.25) is 5.91 Å². The lowest BCUT2D eigenvalue weighted by atomic mass is 9.95. The van der Waals surface area contributed by atoms with Gasteiger partial charge in [-0.3, -0.25) is 14.4 Å². The second-order valence-corrected chi connectivity index (χ2v) is 11.8. The minimum atomic E-state index is -0.328. The fourth-order valence-corrected chi connectivity index (χ4v) is 6.53. The Labute approximate surface area is 268 Å². The van der Waals surface area contributed by atoms with Gasteiger partial charge < -0.3 is 30.6 Å². The molecule has 7 rings (SSSR count). The molecule has 0 saturated heterocycles. The van der Waals surface area contributed by atoms with Crippen molar-refractivity contribution in [1.82, 2.24) is 9.97 Å². The van der Waals surface area contributed by atoms with Crippen molar-refractivity contribution in [2.45, 2.75) is 12.3 Å². The molecule has 0 saturated carbocycles. The summed E-state index contributed by atoms with van der Waals surface area (Å²) in [4.78, 5) is 46.8. The Kier molecular flexibility index (Phi) is 7.39. The first kappa shape index (κ1) is 28.8. The first-order chi connectivity index (χ1) is 21.8. The van der Waals surface area contributed by atoms with Gasteiger partial charge in [-0.05, 0) is 65.2 Å². The fourth-order valence-electron chi connectivity index (χ4n) is 6.07. The molecule has 5 N–H and O–H groups in total. The highest BCUT2D eigenvalue weighted by molar-refractivity contribution is 7.80. The average Bonchev–Trinajstić information content (AvgIpc) is 3.75. The predicted octanol–water partition coefficient (Wildman–Crippen LogP) is 7.00. The number of H-pyrrole nitrogens is 2. The Balaban J connectivity index is 1.12. The molecule has 2 aromatic heterocycles. The minimum Gasteiger partial charge on any atom is -0.507 e. The Morgan fingerprint density at radius 2 is 1.51 bits per heavy atom. The van der Waals surface area contributed by atoms with Gasteiger partial charge in [0, 0.05) is 69.4 Å². The lowest BCUT2D eigenvalue weighted by Gasteiger charge is -2.17. The molecule has 0 spiro atoms. The number of fused-ring (bicyclic) bond motifs is 5. The maximum Gasteiger partial charge on any atom is 0.274 e. The molecule has 0 bridgehead atoms. The molecule has 0 aliphatic carbocycles. The van der Waals surface area contributed by atoms with Crippen molar-refractivity contribution in [3.63, 3.8) is 0 Å². The summed E-state index contributed by atoms with van der Waals surface area (Å²) < 4.78 is 0. The van der Waals surface area contributed by atoms with Crippen LogP contribution in [-0.4, -0.2) is 51.0 Å². The lowest BCUT2D eigenvalue weighted by Crippen LogP contribution is -2.30. The summed E-state index contributed by atoms with van der Waals surface area (Å²) in [5.41, 5.74) is 5.07. The standard InChI is InChI=1S/C34H28ClN5O4S/c35-16-20-17-40(29-15-30(41)23-3-1-2-4-24(23)32(20)29)34(44)28-14-19-12-22(6-8-26(19)39-28)37-33(43)27-13-18-11-21(5-7-25(18)38-27)36-31(42)9-10-45/h1-8,11-15,20,38-39,41,45H,9-10,16-17H2,(H,36,42)(H,37,43)/t20-/m1/s1. The number of hydrogen-bond donors (Lipinski definition) is 6. The number of alkyl halides is 1. The number of carbonyl (C=O) groups is 3. The summed E-state index contributed by atoms with van der Waals surface area (Å²) in [6.07, 6.45) is 0.311. The average molecular weight is 638 g/mol. The number of phenols is 1. The number of hydrogen-bond acceptors (Lipinski definition) is 5. The van der Waals surface area contributed by atoms with Crippen molar-refractivity contribution < 1.29 is 19.5 Å². The number of anilines is 3. The van der Waals surface area contributed by atoms with Crippen LogP contribution in [0.2, 0.25) is 0 Å². The van der Waals surface area contributed by atoms with Gasteiger partial charge in [0.1, 0.15) is 17.1 Å². The van der Waals surface area contributed by atoms with Crippen LogP contribution in [0, 0.1) is 0 Å². The molecule has 3 heterocycles. The van der Waals surface area contributed by atoms with Crippen LogP contribution in [0.15, 0.2) is 78.9 Å². The summed E-state index contributed by atoms with van der Waals surface area (Å²) in [5.74, 6) is 0.146. The summed E-state index contributed by atoms with van der Waals surface area (Å²) in [7, 11) is 0. The van der Waals surface area contributed by atoms with Crippen LogP contribution in [-0.2, 0) is 4.79 Å². The van der Waals surface area contributed by atoms with Crippen LogP contribution >= 0.6 is 24.2 Å². The van der Waals surface area contributed by atoms with E-state index in [-0.39, 0.29) is 29.4 Å².